The van der Waals surface area contributed by atoms with Crippen LogP contribution < -0.4 is 5.32 Å². The summed E-state index contributed by atoms with van der Waals surface area (Å²) in [5.41, 5.74) is -4.37. The molecule has 0 aromatic heterocycles. The van der Waals surface area contributed by atoms with Gasteiger partial charge in [-0.15, -0.1) is 0 Å². The molecule has 0 saturated carbocycles. The average molecular weight is 735 g/mol. The number of hydrogen-bond acceptors (Lipinski definition) is 14. The van der Waals surface area contributed by atoms with Crippen LogP contribution in [0.2, 0.25) is 0 Å². The van der Waals surface area contributed by atoms with E-state index in [-0.39, 0.29) is 37.3 Å². The van der Waals surface area contributed by atoms with Crippen LogP contribution in [0.15, 0.2) is 0 Å². The fraction of sp³-hybridized carbons (Fsp3) is 0.973. The number of esters is 1. The maximum Gasteiger partial charge on any atom is 0.311 e. The number of likely N-dealkylation sites (N-methyl/N-ethyl adjacent to an activating group) is 2. The third-order valence-corrected chi connectivity index (χ3v) is 11.9. The van der Waals surface area contributed by atoms with Crippen LogP contribution in [-0.2, 0) is 33.2 Å². The van der Waals surface area contributed by atoms with Gasteiger partial charge >= 0.3 is 5.97 Å². The van der Waals surface area contributed by atoms with Crippen LogP contribution in [0.4, 0.5) is 0 Å². The maximum absolute atomic E-state index is 14.2. The Labute approximate surface area is 305 Å². The van der Waals surface area contributed by atoms with E-state index in [4.69, 9.17) is 28.4 Å². The van der Waals surface area contributed by atoms with Crippen molar-refractivity contribution in [3.05, 3.63) is 0 Å². The lowest BCUT2D eigenvalue weighted by molar-refractivity contribution is -0.316. The number of ether oxygens (including phenoxy) is 6. The average Bonchev–Trinajstić information content (AvgIpc) is 3.05. The molecule has 0 aromatic rings. The van der Waals surface area contributed by atoms with Gasteiger partial charge in [0, 0.05) is 38.1 Å². The van der Waals surface area contributed by atoms with Gasteiger partial charge < -0.3 is 64.2 Å². The molecule has 0 radical (unpaired) electrons. The van der Waals surface area contributed by atoms with Crippen molar-refractivity contribution in [2.75, 3.05) is 27.7 Å². The number of aliphatic hydroxyl groups excluding tert-OH is 3. The zero-order valence-electron chi connectivity index (χ0n) is 33.2. The predicted molar refractivity (Wildman–Crippen MR) is 190 cm³/mol. The minimum absolute atomic E-state index is 0.132. The van der Waals surface area contributed by atoms with E-state index in [1.54, 1.807) is 48.6 Å². The van der Waals surface area contributed by atoms with E-state index >= 15 is 0 Å². The maximum atomic E-state index is 14.2. The summed E-state index contributed by atoms with van der Waals surface area (Å²) < 4.78 is 37.3. The first-order valence-electron chi connectivity index (χ1n) is 18.8. The number of nitrogens with zero attached hydrogens (tertiary/aromatic N) is 1. The van der Waals surface area contributed by atoms with E-state index in [0.29, 0.717) is 13.0 Å². The van der Waals surface area contributed by atoms with Crippen molar-refractivity contribution in [3.8, 4) is 0 Å². The Bertz CT molecular complexity index is 1110. The predicted octanol–water partition coefficient (Wildman–Crippen LogP) is 1.56. The highest BCUT2D eigenvalue weighted by Gasteiger charge is 2.52. The van der Waals surface area contributed by atoms with Crippen molar-refractivity contribution >= 4 is 5.97 Å². The summed E-state index contributed by atoms with van der Waals surface area (Å²) in [7, 11) is 5.10. The third-order valence-electron chi connectivity index (χ3n) is 11.9. The molecule has 51 heavy (non-hydrogen) atoms. The molecule has 3 heterocycles. The van der Waals surface area contributed by atoms with Crippen LogP contribution in [0.1, 0.15) is 94.9 Å². The van der Waals surface area contributed by atoms with Gasteiger partial charge in [-0.1, -0.05) is 20.8 Å². The first kappa shape index (κ1) is 44.4. The number of nitrogens with one attached hydrogen (secondary N) is 1. The summed E-state index contributed by atoms with van der Waals surface area (Å²) in [4.78, 5) is 16.1. The SMILES string of the molecule is CC[C@H]1OC(=O)[C@H](C)[C@@H](O[C@H]2C[C@@](C)(OC)[C@@H](O)[C@H](C)O2)[C@H](C)[C@@H](OC2O[C@H](C)C[C@H](NC)[C@H]2O)[C@](C)(O)C[C@@H](C)CN(C)[C@H](C)[C@@H](O)[C@]1(C)O. The first-order chi connectivity index (χ1) is 23.5. The monoisotopic (exact) mass is 734 g/mol. The minimum atomic E-state index is -1.80. The second-order valence-corrected chi connectivity index (χ2v) is 16.5. The molecule has 0 aliphatic carbocycles. The van der Waals surface area contributed by atoms with Crippen LogP contribution in [0.25, 0.3) is 0 Å². The van der Waals surface area contributed by atoms with Crippen molar-refractivity contribution in [2.24, 2.45) is 17.8 Å². The second-order valence-electron chi connectivity index (χ2n) is 16.5. The molecule has 18 atom stereocenters. The number of carbonyl (C=O) groups excluding carboxylic acids is 1. The molecule has 300 valence electrons. The molecule has 14 heteroatoms. The highest BCUT2D eigenvalue weighted by molar-refractivity contribution is 5.73. The Morgan fingerprint density at radius 3 is 2.16 bits per heavy atom. The molecule has 14 nitrogen and oxygen atoms in total. The molecule has 3 fully saturated rings. The Kier molecular flexibility index (Phi) is 15.3. The van der Waals surface area contributed by atoms with Crippen LogP contribution in [-0.4, -0.2) is 154 Å². The van der Waals surface area contributed by atoms with Gasteiger partial charge in [-0.05, 0) is 87.7 Å². The third kappa shape index (κ3) is 10.0. The molecule has 6 N–H and O–H groups in total. The highest BCUT2D eigenvalue weighted by atomic mass is 16.7. The molecule has 1 unspecified atom stereocenters. The normalized spacial score (nSPS) is 50.2. The van der Waals surface area contributed by atoms with E-state index in [0.717, 1.165) is 0 Å². The number of methoxy groups -OCH3 is 1. The molecule has 3 aliphatic heterocycles. The standard InChI is InChI=1S/C37H70N2O12/c1-14-26-37(10,45)30(41)23(6)39(12)18-19(2)16-35(8,44)32(51-34-28(40)25(38-11)15-20(3)47-34)21(4)29(22(5)33(43)49-26)50-27-17-36(9,46-13)31(42)24(7)48-27/h19-32,34,38,40-42,44-45H,14-18H2,1-13H3/t19-,20-,21+,22-,23-,24+,25+,26-,27+,28-,29+,30-,31+,32-,34?,35-,36-,37-/m1/s1. The lowest BCUT2D eigenvalue weighted by Gasteiger charge is -2.48. The minimum Gasteiger partial charge on any atom is -0.459 e. The smallest absolute Gasteiger partial charge is 0.311 e. The summed E-state index contributed by atoms with van der Waals surface area (Å²) >= 11 is 0. The van der Waals surface area contributed by atoms with Crippen LogP contribution >= 0.6 is 0 Å². The molecule has 0 spiro atoms. The van der Waals surface area contributed by atoms with Gasteiger partial charge in [0.15, 0.2) is 12.6 Å². The number of rotatable bonds is 7. The quantitative estimate of drug-likeness (QED) is 0.207. The molecule has 3 aliphatic rings. The largest absolute Gasteiger partial charge is 0.459 e. The summed E-state index contributed by atoms with van der Waals surface area (Å²) in [5, 5.41) is 61.0. The van der Waals surface area contributed by atoms with E-state index < -0.39 is 96.0 Å². The molecule has 3 rings (SSSR count). The van der Waals surface area contributed by atoms with Crippen LogP contribution in [0.3, 0.4) is 0 Å². The van der Waals surface area contributed by atoms with Crippen LogP contribution in [0, 0.1) is 17.8 Å². The van der Waals surface area contributed by atoms with E-state index in [9.17, 15) is 30.3 Å². The Morgan fingerprint density at radius 2 is 1.59 bits per heavy atom. The lowest BCUT2D eigenvalue weighted by Crippen LogP contribution is -2.60. The van der Waals surface area contributed by atoms with Gasteiger partial charge in [0.05, 0.1) is 41.5 Å². The van der Waals surface area contributed by atoms with Gasteiger partial charge in [0.25, 0.3) is 0 Å². The fourth-order valence-corrected chi connectivity index (χ4v) is 8.53. The summed E-state index contributed by atoms with van der Waals surface area (Å²) in [6.45, 7) is 18.0. The Hall–Kier alpha value is -1.01. The zero-order chi connectivity index (χ0) is 38.8. The summed E-state index contributed by atoms with van der Waals surface area (Å²) in [6, 6.07) is -0.858. The van der Waals surface area contributed by atoms with Crippen molar-refractivity contribution in [1.29, 1.82) is 0 Å². The van der Waals surface area contributed by atoms with E-state index in [2.05, 4.69) is 5.32 Å². The molecular weight excluding hydrogens is 664 g/mol. The molecule has 0 aromatic carbocycles. The molecule has 0 amide bonds. The number of carbonyl (C=O) groups is 1. The lowest BCUT2D eigenvalue weighted by atomic mass is 9.77. The van der Waals surface area contributed by atoms with Crippen molar-refractivity contribution in [2.45, 2.75) is 185 Å². The van der Waals surface area contributed by atoms with Gasteiger partial charge in [0.1, 0.15) is 30.0 Å². The summed E-state index contributed by atoms with van der Waals surface area (Å²) in [6.07, 6.45) is -8.24. The van der Waals surface area contributed by atoms with Gasteiger partial charge in [0.2, 0.25) is 0 Å². The molecular formula is C37H70N2O12. The second kappa shape index (κ2) is 17.6. The van der Waals surface area contributed by atoms with Crippen molar-refractivity contribution < 1.29 is 58.7 Å². The van der Waals surface area contributed by atoms with E-state index in [1.165, 1.54) is 14.0 Å². The topological polar surface area (TPSA) is 189 Å². The Morgan fingerprint density at radius 1 is 0.961 bits per heavy atom. The zero-order valence-corrected chi connectivity index (χ0v) is 33.2. The highest BCUT2D eigenvalue weighted by Crippen LogP contribution is 2.40. The van der Waals surface area contributed by atoms with Crippen molar-refractivity contribution in [1.82, 2.24) is 10.2 Å². The molecule has 0 bridgehead atoms. The first-order valence-corrected chi connectivity index (χ1v) is 18.8. The summed E-state index contributed by atoms with van der Waals surface area (Å²) in [5.74, 6) is -2.59. The van der Waals surface area contributed by atoms with Gasteiger partial charge in [-0.3, -0.25) is 4.79 Å². The van der Waals surface area contributed by atoms with Gasteiger partial charge in [-0.25, -0.2) is 0 Å². The van der Waals surface area contributed by atoms with E-state index in [1.807, 2.05) is 32.7 Å². The van der Waals surface area contributed by atoms with Gasteiger partial charge in [-0.2, -0.15) is 0 Å². The number of cyclic esters (lactones) is 1. The number of hydrogen-bond donors (Lipinski definition) is 6. The number of aliphatic hydroxyl groups is 5. The van der Waals surface area contributed by atoms with Crippen molar-refractivity contribution in [3.63, 3.8) is 0 Å². The fourth-order valence-electron chi connectivity index (χ4n) is 8.53. The molecule has 3 saturated heterocycles. The Balaban J connectivity index is 2.16. The van der Waals surface area contributed by atoms with Crippen LogP contribution in [0.5, 0.6) is 0 Å².